The van der Waals surface area contributed by atoms with Gasteiger partial charge in [-0.3, -0.25) is 0 Å². The van der Waals surface area contributed by atoms with E-state index in [1.54, 1.807) is 0 Å². The SMILES string of the molecule is CN(CCCC(C)(C)C(N)=NO)Cc1ccc(Br)cc1. The third-order valence-electron chi connectivity index (χ3n) is 3.51. The zero-order valence-electron chi connectivity index (χ0n) is 12.4. The van der Waals surface area contributed by atoms with Gasteiger partial charge in [0.15, 0.2) is 0 Å². The molecule has 0 aliphatic rings. The normalized spacial score (nSPS) is 12.9. The molecule has 0 bridgehead atoms. The van der Waals surface area contributed by atoms with Gasteiger partial charge in [0.1, 0.15) is 5.84 Å². The van der Waals surface area contributed by atoms with Crippen LogP contribution in [0.2, 0.25) is 0 Å². The van der Waals surface area contributed by atoms with E-state index in [0.717, 1.165) is 30.4 Å². The summed E-state index contributed by atoms with van der Waals surface area (Å²) in [6.07, 6.45) is 1.91. The summed E-state index contributed by atoms with van der Waals surface area (Å²) in [6.45, 7) is 5.91. The molecule has 0 unspecified atom stereocenters. The predicted molar refractivity (Wildman–Crippen MR) is 86.9 cm³/mol. The Balaban J connectivity index is 2.37. The Kier molecular flexibility index (Phi) is 6.49. The molecule has 5 heteroatoms. The van der Waals surface area contributed by atoms with E-state index in [1.165, 1.54) is 5.56 Å². The average Bonchev–Trinajstić information content (AvgIpc) is 2.40. The fourth-order valence-electron chi connectivity index (χ4n) is 2.03. The van der Waals surface area contributed by atoms with E-state index in [2.05, 4.69) is 57.3 Å². The molecule has 0 atom stereocenters. The van der Waals surface area contributed by atoms with Crippen molar-refractivity contribution < 1.29 is 5.21 Å². The molecule has 0 fully saturated rings. The van der Waals surface area contributed by atoms with Gasteiger partial charge in [-0.2, -0.15) is 0 Å². The number of nitrogens with zero attached hydrogens (tertiary/aromatic N) is 2. The van der Waals surface area contributed by atoms with Crippen LogP contribution in [0.5, 0.6) is 0 Å². The zero-order chi connectivity index (χ0) is 15.2. The fourth-order valence-corrected chi connectivity index (χ4v) is 2.30. The standard InChI is InChI=1S/C15H24BrN3O/c1-15(2,14(17)18-20)9-4-10-19(3)11-12-5-7-13(16)8-6-12/h5-8,20H,4,9-11H2,1-3H3,(H2,17,18). The van der Waals surface area contributed by atoms with E-state index in [1.807, 2.05) is 13.8 Å². The topological polar surface area (TPSA) is 61.8 Å². The summed E-state index contributed by atoms with van der Waals surface area (Å²) in [5.74, 6) is 0.299. The molecule has 4 nitrogen and oxygen atoms in total. The minimum Gasteiger partial charge on any atom is -0.409 e. The number of oxime groups is 1. The van der Waals surface area contributed by atoms with Crippen LogP contribution in [0.3, 0.4) is 0 Å². The monoisotopic (exact) mass is 341 g/mol. The van der Waals surface area contributed by atoms with Gasteiger partial charge in [0, 0.05) is 16.4 Å². The number of amidine groups is 1. The van der Waals surface area contributed by atoms with Crippen molar-refractivity contribution in [3.63, 3.8) is 0 Å². The molecule has 0 spiro atoms. The fraction of sp³-hybridized carbons (Fsp3) is 0.533. The second-order valence-electron chi connectivity index (χ2n) is 5.84. The van der Waals surface area contributed by atoms with Crippen LogP contribution in [0, 0.1) is 5.41 Å². The number of benzene rings is 1. The maximum absolute atomic E-state index is 8.74. The van der Waals surface area contributed by atoms with Gasteiger partial charge in [0.05, 0.1) is 0 Å². The third-order valence-corrected chi connectivity index (χ3v) is 4.04. The van der Waals surface area contributed by atoms with Crippen molar-refractivity contribution in [3.8, 4) is 0 Å². The molecule has 20 heavy (non-hydrogen) atoms. The van der Waals surface area contributed by atoms with Crippen LogP contribution in [-0.4, -0.2) is 29.5 Å². The lowest BCUT2D eigenvalue weighted by Crippen LogP contribution is -2.32. The maximum Gasteiger partial charge on any atom is 0.144 e. The van der Waals surface area contributed by atoms with Crippen molar-refractivity contribution in [3.05, 3.63) is 34.3 Å². The number of nitrogens with two attached hydrogens (primary N) is 1. The van der Waals surface area contributed by atoms with E-state index in [4.69, 9.17) is 10.9 Å². The molecule has 0 amide bonds. The summed E-state index contributed by atoms with van der Waals surface area (Å²) in [5, 5.41) is 11.9. The summed E-state index contributed by atoms with van der Waals surface area (Å²) in [4.78, 5) is 2.28. The lowest BCUT2D eigenvalue weighted by molar-refractivity contribution is 0.287. The van der Waals surface area contributed by atoms with Crippen LogP contribution >= 0.6 is 15.9 Å². The van der Waals surface area contributed by atoms with E-state index in [0.29, 0.717) is 5.84 Å². The molecular formula is C15H24BrN3O. The summed E-state index contributed by atoms with van der Waals surface area (Å²) in [6, 6.07) is 8.37. The first-order valence-electron chi connectivity index (χ1n) is 6.76. The number of hydrogen-bond donors (Lipinski definition) is 2. The van der Waals surface area contributed by atoms with Gasteiger partial charge in [0.25, 0.3) is 0 Å². The van der Waals surface area contributed by atoms with Crippen molar-refractivity contribution in [2.24, 2.45) is 16.3 Å². The minimum absolute atomic E-state index is 0.257. The van der Waals surface area contributed by atoms with Gasteiger partial charge in [-0.15, -0.1) is 0 Å². The molecule has 1 aromatic rings. The van der Waals surface area contributed by atoms with Crippen LogP contribution < -0.4 is 5.73 Å². The summed E-state index contributed by atoms with van der Waals surface area (Å²) in [5.41, 5.74) is 6.73. The highest BCUT2D eigenvalue weighted by molar-refractivity contribution is 9.10. The molecule has 0 aliphatic heterocycles. The Hall–Kier alpha value is -1.07. The second-order valence-corrected chi connectivity index (χ2v) is 6.75. The van der Waals surface area contributed by atoms with Gasteiger partial charge in [-0.25, -0.2) is 0 Å². The molecule has 0 radical (unpaired) electrons. The Bertz CT molecular complexity index is 443. The largest absolute Gasteiger partial charge is 0.409 e. The van der Waals surface area contributed by atoms with E-state index in [9.17, 15) is 0 Å². The average molecular weight is 342 g/mol. The molecule has 0 aromatic heterocycles. The van der Waals surface area contributed by atoms with E-state index in [-0.39, 0.29) is 5.41 Å². The van der Waals surface area contributed by atoms with Gasteiger partial charge in [-0.1, -0.05) is 47.1 Å². The second kappa shape index (κ2) is 7.64. The quantitative estimate of drug-likeness (QED) is 0.345. The zero-order valence-corrected chi connectivity index (χ0v) is 14.0. The first-order valence-corrected chi connectivity index (χ1v) is 7.55. The smallest absolute Gasteiger partial charge is 0.144 e. The molecule has 1 aromatic carbocycles. The summed E-state index contributed by atoms with van der Waals surface area (Å²) >= 11 is 3.44. The van der Waals surface area contributed by atoms with E-state index >= 15 is 0 Å². The molecule has 112 valence electrons. The molecule has 0 heterocycles. The molecule has 3 N–H and O–H groups in total. The van der Waals surface area contributed by atoms with E-state index < -0.39 is 0 Å². The summed E-state index contributed by atoms with van der Waals surface area (Å²) in [7, 11) is 2.11. The number of hydrogen-bond acceptors (Lipinski definition) is 3. The molecular weight excluding hydrogens is 318 g/mol. The van der Waals surface area contributed by atoms with Gasteiger partial charge >= 0.3 is 0 Å². The molecule has 0 aliphatic carbocycles. The third kappa shape index (κ3) is 5.51. The van der Waals surface area contributed by atoms with Gasteiger partial charge in [-0.05, 0) is 44.1 Å². The van der Waals surface area contributed by atoms with Crippen molar-refractivity contribution >= 4 is 21.8 Å². The number of halogens is 1. The lowest BCUT2D eigenvalue weighted by Gasteiger charge is -2.24. The maximum atomic E-state index is 8.74. The highest BCUT2D eigenvalue weighted by Gasteiger charge is 2.23. The van der Waals surface area contributed by atoms with Crippen LogP contribution in [0.4, 0.5) is 0 Å². The Morgan fingerprint density at radius 1 is 1.35 bits per heavy atom. The molecule has 1 rings (SSSR count). The lowest BCUT2D eigenvalue weighted by atomic mass is 9.86. The van der Waals surface area contributed by atoms with Crippen LogP contribution in [0.15, 0.2) is 33.9 Å². The van der Waals surface area contributed by atoms with Crippen LogP contribution in [-0.2, 0) is 6.54 Å². The minimum atomic E-state index is -0.257. The molecule has 0 saturated heterocycles. The van der Waals surface area contributed by atoms with Crippen LogP contribution in [0.1, 0.15) is 32.3 Å². The highest BCUT2D eigenvalue weighted by Crippen LogP contribution is 2.22. The van der Waals surface area contributed by atoms with Crippen molar-refractivity contribution in [1.29, 1.82) is 0 Å². The van der Waals surface area contributed by atoms with Crippen LogP contribution in [0.25, 0.3) is 0 Å². The Morgan fingerprint density at radius 2 is 1.95 bits per heavy atom. The molecule has 0 saturated carbocycles. The van der Waals surface area contributed by atoms with Gasteiger partial charge < -0.3 is 15.8 Å². The Morgan fingerprint density at radius 3 is 2.50 bits per heavy atom. The predicted octanol–water partition coefficient (Wildman–Crippen LogP) is 3.43. The van der Waals surface area contributed by atoms with Crippen molar-refractivity contribution in [1.82, 2.24) is 4.90 Å². The summed E-state index contributed by atoms with van der Waals surface area (Å²) < 4.78 is 1.10. The van der Waals surface area contributed by atoms with Crippen molar-refractivity contribution in [2.75, 3.05) is 13.6 Å². The first kappa shape index (κ1) is 17.0. The van der Waals surface area contributed by atoms with Gasteiger partial charge in [0.2, 0.25) is 0 Å². The Labute approximate surface area is 129 Å². The van der Waals surface area contributed by atoms with Crippen molar-refractivity contribution in [2.45, 2.75) is 33.2 Å². The number of rotatable bonds is 7. The highest BCUT2D eigenvalue weighted by atomic mass is 79.9. The first-order chi connectivity index (χ1) is 9.35.